The van der Waals surface area contributed by atoms with Crippen LogP contribution in [0.3, 0.4) is 0 Å². The lowest BCUT2D eigenvalue weighted by Gasteiger charge is -2.20. The number of nitrogens with one attached hydrogen (secondary N) is 1. The summed E-state index contributed by atoms with van der Waals surface area (Å²) in [4.78, 5) is 36.2. The van der Waals surface area contributed by atoms with Crippen molar-refractivity contribution >= 4 is 17.7 Å². The van der Waals surface area contributed by atoms with Gasteiger partial charge in [-0.05, 0) is 33.9 Å². The fourth-order valence-corrected chi connectivity index (χ4v) is 4.90. The Morgan fingerprint density at radius 2 is 1.41 bits per heavy atom. The van der Waals surface area contributed by atoms with Crippen LogP contribution in [0.1, 0.15) is 22.6 Å². The number of nitro benzene ring substituents is 1. The van der Waals surface area contributed by atoms with Gasteiger partial charge in [0.1, 0.15) is 12.6 Å². The van der Waals surface area contributed by atoms with Gasteiger partial charge in [-0.2, -0.15) is 8.78 Å². The fraction of sp³-hybridized carbons (Fsp3) is 0.133. The Labute approximate surface area is 244 Å². The number of fused-ring (bicyclic) bond motifs is 3. The molecular weight excluding hydrogens is 595 g/mol. The molecule has 0 fully saturated rings. The third kappa shape index (κ3) is 5.61. The molecule has 0 unspecified atom stereocenters. The summed E-state index contributed by atoms with van der Waals surface area (Å²) in [6, 6.07) is 15.8. The second kappa shape index (κ2) is 12.0. The first-order chi connectivity index (χ1) is 21.0. The van der Waals surface area contributed by atoms with Gasteiger partial charge in [0.2, 0.25) is 34.8 Å². The zero-order valence-corrected chi connectivity index (χ0v) is 22.2. The number of benzene rings is 4. The fourth-order valence-electron chi connectivity index (χ4n) is 4.90. The van der Waals surface area contributed by atoms with E-state index in [0.29, 0.717) is 0 Å². The van der Waals surface area contributed by atoms with Crippen LogP contribution in [0.2, 0.25) is 0 Å². The first-order valence-electron chi connectivity index (χ1n) is 12.8. The topological polar surface area (TPSA) is 128 Å². The Bertz CT molecular complexity index is 1740. The highest BCUT2D eigenvalue weighted by Gasteiger charge is 2.33. The molecule has 9 nitrogen and oxygen atoms in total. The van der Waals surface area contributed by atoms with Gasteiger partial charge in [-0.3, -0.25) is 10.1 Å². The number of carbonyl (C=O) groups excluding carboxylic acids is 2. The summed E-state index contributed by atoms with van der Waals surface area (Å²) in [7, 11) is 0. The summed E-state index contributed by atoms with van der Waals surface area (Å²) in [6.07, 6.45) is -1.86. The van der Waals surface area contributed by atoms with Gasteiger partial charge >= 0.3 is 17.7 Å². The number of hydrogen-bond acceptors (Lipinski definition) is 7. The molecule has 44 heavy (non-hydrogen) atoms. The van der Waals surface area contributed by atoms with E-state index in [9.17, 15) is 46.8 Å². The van der Waals surface area contributed by atoms with Crippen LogP contribution in [0.25, 0.3) is 11.1 Å². The molecule has 1 aliphatic rings. The number of halogens is 5. The first-order valence-corrected chi connectivity index (χ1v) is 12.8. The summed E-state index contributed by atoms with van der Waals surface area (Å²) in [6.45, 7) is -0.218. The lowest BCUT2D eigenvalue weighted by molar-refractivity contribution is -0.385. The van der Waals surface area contributed by atoms with Crippen molar-refractivity contribution in [1.29, 1.82) is 0 Å². The number of carbonyl (C=O) groups is 2. The van der Waals surface area contributed by atoms with E-state index in [-0.39, 0.29) is 12.2 Å². The van der Waals surface area contributed by atoms with Crippen molar-refractivity contribution in [2.24, 2.45) is 0 Å². The van der Waals surface area contributed by atoms with Crippen LogP contribution in [-0.4, -0.2) is 34.7 Å². The van der Waals surface area contributed by atoms with Crippen molar-refractivity contribution in [2.45, 2.75) is 18.4 Å². The molecule has 1 atom stereocenters. The van der Waals surface area contributed by atoms with Crippen LogP contribution in [0.15, 0.2) is 66.7 Å². The number of hydrogen-bond donors (Lipinski definition) is 2. The molecule has 5 rings (SSSR count). The lowest BCUT2D eigenvalue weighted by Crippen LogP contribution is -2.45. The van der Waals surface area contributed by atoms with Crippen LogP contribution in [0, 0.1) is 39.2 Å². The Morgan fingerprint density at radius 1 is 0.864 bits per heavy atom. The van der Waals surface area contributed by atoms with Crippen molar-refractivity contribution < 1.29 is 51.0 Å². The van der Waals surface area contributed by atoms with Gasteiger partial charge in [0, 0.05) is 18.4 Å². The molecule has 0 bridgehead atoms. The van der Waals surface area contributed by atoms with Gasteiger partial charge in [-0.15, -0.1) is 0 Å². The number of nitrogens with zero attached hydrogens (tertiary/aromatic N) is 1. The van der Waals surface area contributed by atoms with Crippen molar-refractivity contribution in [1.82, 2.24) is 5.32 Å². The lowest BCUT2D eigenvalue weighted by atomic mass is 9.98. The Hall–Kier alpha value is -5.53. The smallest absolute Gasteiger partial charge is 0.407 e. The summed E-state index contributed by atoms with van der Waals surface area (Å²) >= 11 is 0. The zero-order chi connectivity index (χ0) is 31.7. The van der Waals surface area contributed by atoms with E-state index in [1.54, 1.807) is 12.1 Å². The number of nitro groups is 1. The molecule has 0 saturated carbocycles. The molecule has 2 N–H and O–H groups in total. The molecule has 0 aromatic heterocycles. The van der Waals surface area contributed by atoms with Crippen molar-refractivity contribution in [3.8, 4) is 22.6 Å². The minimum absolute atomic E-state index is 0.0483. The SMILES string of the molecule is O=C(N[C@@H](Cc1ccc(O)c([N+](=O)[O-])c1)C(=O)Oc1c(F)c(F)c(F)c(F)c1F)OCC1c2ccccc2-c2ccccc21. The minimum atomic E-state index is -2.48. The van der Waals surface area contributed by atoms with Gasteiger partial charge in [0.05, 0.1) is 4.92 Å². The van der Waals surface area contributed by atoms with Crippen molar-refractivity contribution in [3.63, 3.8) is 0 Å². The zero-order valence-electron chi connectivity index (χ0n) is 22.2. The Morgan fingerprint density at radius 3 is 1.98 bits per heavy atom. The molecule has 1 amide bonds. The second-order valence-electron chi connectivity index (χ2n) is 9.63. The van der Waals surface area contributed by atoms with E-state index < -0.39 is 81.6 Å². The van der Waals surface area contributed by atoms with E-state index in [2.05, 4.69) is 10.1 Å². The number of rotatable bonds is 8. The highest BCUT2D eigenvalue weighted by atomic mass is 19.2. The average Bonchev–Trinajstić information content (AvgIpc) is 3.34. The number of aromatic hydroxyl groups is 1. The van der Waals surface area contributed by atoms with Crippen LogP contribution < -0.4 is 10.1 Å². The predicted octanol–water partition coefficient (Wildman–Crippen LogP) is 6.05. The monoisotopic (exact) mass is 614 g/mol. The van der Waals surface area contributed by atoms with Crippen molar-refractivity contribution in [3.05, 3.63) is 123 Å². The van der Waals surface area contributed by atoms with E-state index in [0.717, 1.165) is 40.5 Å². The molecule has 0 saturated heterocycles. The van der Waals surface area contributed by atoms with Crippen LogP contribution >= 0.6 is 0 Å². The molecule has 0 aliphatic heterocycles. The van der Waals surface area contributed by atoms with Crippen molar-refractivity contribution in [2.75, 3.05) is 6.61 Å². The van der Waals surface area contributed by atoms with Gasteiger partial charge in [0.25, 0.3) is 0 Å². The largest absolute Gasteiger partial charge is 0.502 e. The molecule has 226 valence electrons. The maximum absolute atomic E-state index is 14.2. The van der Waals surface area contributed by atoms with Gasteiger partial charge in [0.15, 0.2) is 5.75 Å². The molecule has 0 radical (unpaired) electrons. The highest BCUT2D eigenvalue weighted by molar-refractivity contribution is 5.84. The molecule has 4 aromatic carbocycles. The van der Waals surface area contributed by atoms with Gasteiger partial charge < -0.3 is 19.9 Å². The third-order valence-corrected chi connectivity index (χ3v) is 6.97. The molecule has 0 spiro atoms. The van der Waals surface area contributed by atoms with Crippen LogP contribution in [0.4, 0.5) is 32.4 Å². The number of phenolic OH excluding ortho intramolecular Hbond substituents is 1. The van der Waals surface area contributed by atoms with E-state index in [1.807, 2.05) is 36.4 Å². The number of amides is 1. The maximum atomic E-state index is 14.2. The maximum Gasteiger partial charge on any atom is 0.407 e. The van der Waals surface area contributed by atoms with E-state index >= 15 is 0 Å². The first kappa shape index (κ1) is 29.9. The summed E-state index contributed by atoms with van der Waals surface area (Å²) in [5.41, 5.74) is 2.76. The minimum Gasteiger partial charge on any atom is -0.502 e. The summed E-state index contributed by atoms with van der Waals surface area (Å²) in [5.74, 6) is -16.8. The molecular formula is C30H19F5N2O7. The van der Waals surface area contributed by atoms with Crippen LogP contribution in [0.5, 0.6) is 11.5 Å². The predicted molar refractivity (Wildman–Crippen MR) is 142 cm³/mol. The molecule has 14 heteroatoms. The number of phenols is 1. The van der Waals surface area contributed by atoms with Gasteiger partial charge in [-0.25, -0.2) is 22.8 Å². The summed E-state index contributed by atoms with van der Waals surface area (Å²) in [5, 5.41) is 23.1. The second-order valence-corrected chi connectivity index (χ2v) is 9.63. The molecule has 0 heterocycles. The van der Waals surface area contributed by atoms with Gasteiger partial charge in [-0.1, -0.05) is 54.6 Å². The third-order valence-electron chi connectivity index (χ3n) is 6.97. The quantitative estimate of drug-likeness (QED) is 0.0470. The van der Waals surface area contributed by atoms with Crippen LogP contribution in [-0.2, 0) is 16.0 Å². The molecule has 4 aromatic rings. The Kier molecular flexibility index (Phi) is 8.16. The van der Waals surface area contributed by atoms with E-state index in [1.165, 1.54) is 0 Å². The highest BCUT2D eigenvalue weighted by Crippen LogP contribution is 2.44. The van der Waals surface area contributed by atoms with E-state index in [4.69, 9.17) is 4.74 Å². The number of esters is 1. The standard InChI is InChI=1S/C30H19F5N2O7/c31-23-24(32)26(34)28(27(35)25(23)33)44-29(39)20(11-14-9-10-22(38)21(12-14)37(41)42)36-30(40)43-13-19-17-7-3-1-5-15(17)16-6-2-4-8-18(16)19/h1-10,12,19-20,38H,11,13H2,(H,36,40)/t20-/m0/s1. The normalized spacial score (nSPS) is 12.7. The molecule has 1 aliphatic carbocycles. The number of ether oxygens (including phenoxy) is 2. The number of alkyl carbamates (subject to hydrolysis) is 1. The summed E-state index contributed by atoms with van der Waals surface area (Å²) < 4.78 is 79.2. The Balaban J connectivity index is 1.39. The average molecular weight is 614 g/mol.